The molecule has 1 unspecified atom stereocenters. The van der Waals surface area contributed by atoms with Crippen LogP contribution in [0.3, 0.4) is 0 Å². The van der Waals surface area contributed by atoms with Crippen LogP contribution < -0.4 is 5.73 Å². The van der Waals surface area contributed by atoms with Crippen molar-refractivity contribution in [3.8, 4) is 0 Å². The standard InChI is InChI=1S/C10H10ClF4N/c11-9-2-1-6(12)5-7(9)8(3-4-16)10(13,14)15/h1-2,5,8H,3-4,16H2. The summed E-state index contributed by atoms with van der Waals surface area (Å²) in [6.07, 6.45) is -4.79. The fourth-order valence-corrected chi connectivity index (χ4v) is 1.69. The normalized spacial score (nSPS) is 13.9. The Kier molecular flexibility index (Phi) is 4.15. The van der Waals surface area contributed by atoms with Crippen LogP contribution in [-0.2, 0) is 0 Å². The minimum atomic E-state index is -4.48. The van der Waals surface area contributed by atoms with Gasteiger partial charge in [0.25, 0.3) is 0 Å². The summed E-state index contributed by atoms with van der Waals surface area (Å²) in [7, 11) is 0. The van der Waals surface area contributed by atoms with Crippen molar-refractivity contribution in [2.45, 2.75) is 18.5 Å². The lowest BCUT2D eigenvalue weighted by Crippen LogP contribution is -2.24. The van der Waals surface area contributed by atoms with Gasteiger partial charge in [-0.05, 0) is 36.7 Å². The van der Waals surface area contributed by atoms with Crippen molar-refractivity contribution in [1.29, 1.82) is 0 Å². The van der Waals surface area contributed by atoms with Crippen LogP contribution in [0.4, 0.5) is 17.6 Å². The Balaban J connectivity index is 3.15. The van der Waals surface area contributed by atoms with Crippen LogP contribution in [0, 0.1) is 5.82 Å². The molecule has 0 spiro atoms. The van der Waals surface area contributed by atoms with Gasteiger partial charge in [-0.1, -0.05) is 11.6 Å². The number of rotatable bonds is 3. The predicted octanol–water partition coefficient (Wildman–Crippen LogP) is 3.47. The first kappa shape index (κ1) is 13.3. The van der Waals surface area contributed by atoms with Gasteiger partial charge in [0.15, 0.2) is 0 Å². The number of halogens is 5. The number of hydrogen-bond donors (Lipinski definition) is 1. The van der Waals surface area contributed by atoms with Crippen LogP contribution in [0.1, 0.15) is 17.9 Å². The second kappa shape index (κ2) is 5.01. The molecule has 0 aromatic heterocycles. The Labute approximate surface area is 95.2 Å². The molecule has 0 heterocycles. The Bertz CT molecular complexity index is 364. The first-order valence-corrected chi connectivity index (χ1v) is 4.95. The number of nitrogens with two attached hydrogens (primary N) is 1. The monoisotopic (exact) mass is 255 g/mol. The molecule has 90 valence electrons. The molecule has 1 nitrogen and oxygen atoms in total. The third-order valence-electron chi connectivity index (χ3n) is 2.18. The molecular weight excluding hydrogens is 246 g/mol. The summed E-state index contributed by atoms with van der Waals surface area (Å²) in [6, 6.07) is 2.93. The lowest BCUT2D eigenvalue weighted by molar-refractivity contribution is -0.151. The van der Waals surface area contributed by atoms with E-state index >= 15 is 0 Å². The Morgan fingerprint density at radius 2 is 1.94 bits per heavy atom. The lowest BCUT2D eigenvalue weighted by atomic mass is 9.95. The molecular formula is C10H10ClF4N. The van der Waals surface area contributed by atoms with Crippen LogP contribution in [0.25, 0.3) is 0 Å². The van der Waals surface area contributed by atoms with E-state index in [1.165, 1.54) is 0 Å². The summed E-state index contributed by atoms with van der Waals surface area (Å²) in [4.78, 5) is 0. The zero-order chi connectivity index (χ0) is 12.3. The molecule has 0 radical (unpaired) electrons. The largest absolute Gasteiger partial charge is 0.395 e. The maximum absolute atomic E-state index is 12.9. The van der Waals surface area contributed by atoms with E-state index in [0.717, 1.165) is 18.2 Å². The molecule has 1 aromatic carbocycles. The molecule has 0 saturated heterocycles. The lowest BCUT2D eigenvalue weighted by Gasteiger charge is -2.21. The number of hydrogen-bond acceptors (Lipinski definition) is 1. The highest BCUT2D eigenvalue weighted by molar-refractivity contribution is 6.31. The summed E-state index contributed by atoms with van der Waals surface area (Å²) >= 11 is 5.63. The van der Waals surface area contributed by atoms with E-state index in [4.69, 9.17) is 17.3 Å². The smallest absolute Gasteiger partial charge is 0.330 e. The molecule has 6 heteroatoms. The Hall–Kier alpha value is -0.810. The minimum Gasteiger partial charge on any atom is -0.330 e. The molecule has 16 heavy (non-hydrogen) atoms. The summed E-state index contributed by atoms with van der Waals surface area (Å²) < 4.78 is 50.9. The van der Waals surface area contributed by atoms with Crippen LogP contribution >= 0.6 is 11.6 Å². The van der Waals surface area contributed by atoms with Gasteiger partial charge in [-0.25, -0.2) is 4.39 Å². The van der Waals surface area contributed by atoms with Gasteiger partial charge >= 0.3 is 6.18 Å². The van der Waals surface area contributed by atoms with Crippen LogP contribution in [0.5, 0.6) is 0 Å². The number of alkyl halides is 3. The minimum absolute atomic E-state index is 0.0998. The molecule has 0 bridgehead atoms. The predicted molar refractivity (Wildman–Crippen MR) is 53.9 cm³/mol. The quantitative estimate of drug-likeness (QED) is 0.823. The topological polar surface area (TPSA) is 26.0 Å². The Morgan fingerprint density at radius 1 is 1.31 bits per heavy atom. The van der Waals surface area contributed by atoms with E-state index in [1.807, 2.05) is 0 Å². The van der Waals surface area contributed by atoms with E-state index < -0.39 is 17.9 Å². The van der Waals surface area contributed by atoms with Gasteiger partial charge < -0.3 is 5.73 Å². The van der Waals surface area contributed by atoms with Crippen molar-refractivity contribution < 1.29 is 17.6 Å². The van der Waals surface area contributed by atoms with E-state index in [1.54, 1.807) is 0 Å². The molecule has 1 rings (SSSR count). The zero-order valence-corrected chi connectivity index (χ0v) is 8.95. The van der Waals surface area contributed by atoms with Crippen molar-refractivity contribution >= 4 is 11.6 Å². The zero-order valence-electron chi connectivity index (χ0n) is 8.19. The van der Waals surface area contributed by atoms with Crippen molar-refractivity contribution in [2.75, 3.05) is 6.54 Å². The van der Waals surface area contributed by atoms with Gasteiger partial charge in [0.2, 0.25) is 0 Å². The fourth-order valence-electron chi connectivity index (χ4n) is 1.44. The maximum atomic E-state index is 12.9. The van der Waals surface area contributed by atoms with Crippen molar-refractivity contribution in [3.63, 3.8) is 0 Å². The highest BCUT2D eigenvalue weighted by atomic mass is 35.5. The number of benzene rings is 1. The van der Waals surface area contributed by atoms with Gasteiger partial charge in [0, 0.05) is 5.02 Å². The van der Waals surface area contributed by atoms with Gasteiger partial charge in [0.1, 0.15) is 5.82 Å². The molecule has 0 aliphatic carbocycles. The molecule has 1 atom stereocenters. The molecule has 0 amide bonds. The van der Waals surface area contributed by atoms with Gasteiger partial charge in [0.05, 0.1) is 5.92 Å². The Morgan fingerprint density at radius 3 is 2.44 bits per heavy atom. The molecule has 0 aliphatic heterocycles. The first-order chi connectivity index (χ1) is 7.36. The van der Waals surface area contributed by atoms with Crippen LogP contribution in [0.2, 0.25) is 5.02 Å². The molecule has 0 fully saturated rings. The van der Waals surface area contributed by atoms with E-state index in [0.29, 0.717) is 0 Å². The van der Waals surface area contributed by atoms with Crippen LogP contribution in [-0.4, -0.2) is 12.7 Å². The fraction of sp³-hybridized carbons (Fsp3) is 0.400. The first-order valence-electron chi connectivity index (χ1n) is 4.58. The second-order valence-corrected chi connectivity index (χ2v) is 3.74. The molecule has 0 saturated carbocycles. The summed E-state index contributed by atoms with van der Waals surface area (Å²) in [5.74, 6) is -2.56. The summed E-state index contributed by atoms with van der Waals surface area (Å²) in [6.45, 7) is -0.142. The van der Waals surface area contributed by atoms with Gasteiger partial charge in [-0.15, -0.1) is 0 Å². The van der Waals surface area contributed by atoms with E-state index in [9.17, 15) is 17.6 Å². The summed E-state index contributed by atoms with van der Waals surface area (Å²) in [5.41, 5.74) is 4.85. The average Bonchev–Trinajstić information content (AvgIpc) is 2.17. The van der Waals surface area contributed by atoms with Crippen molar-refractivity contribution in [2.24, 2.45) is 5.73 Å². The molecule has 0 aliphatic rings. The van der Waals surface area contributed by atoms with E-state index in [-0.39, 0.29) is 23.6 Å². The van der Waals surface area contributed by atoms with Gasteiger partial charge in [-0.2, -0.15) is 13.2 Å². The van der Waals surface area contributed by atoms with Crippen molar-refractivity contribution in [1.82, 2.24) is 0 Å². The summed E-state index contributed by atoms with van der Waals surface area (Å²) in [5, 5.41) is -0.0998. The SMILES string of the molecule is NCCC(c1cc(F)ccc1Cl)C(F)(F)F. The third-order valence-corrected chi connectivity index (χ3v) is 2.53. The highest BCUT2D eigenvalue weighted by Crippen LogP contribution is 2.40. The van der Waals surface area contributed by atoms with E-state index in [2.05, 4.69) is 0 Å². The second-order valence-electron chi connectivity index (χ2n) is 3.34. The molecule has 1 aromatic rings. The molecule has 2 N–H and O–H groups in total. The highest BCUT2D eigenvalue weighted by Gasteiger charge is 2.41. The van der Waals surface area contributed by atoms with Crippen molar-refractivity contribution in [3.05, 3.63) is 34.6 Å². The van der Waals surface area contributed by atoms with Crippen LogP contribution in [0.15, 0.2) is 18.2 Å². The maximum Gasteiger partial charge on any atom is 0.395 e. The third kappa shape index (κ3) is 3.09. The average molecular weight is 256 g/mol. The van der Waals surface area contributed by atoms with Gasteiger partial charge in [-0.3, -0.25) is 0 Å².